The summed E-state index contributed by atoms with van der Waals surface area (Å²) in [4.78, 5) is 13.2. The highest BCUT2D eigenvalue weighted by Crippen LogP contribution is 2.26. The Kier molecular flexibility index (Phi) is 48.6. The first-order valence-corrected chi connectivity index (χ1v) is 32.8. The molecule has 0 spiro atoms. The van der Waals surface area contributed by atoms with Crippen molar-refractivity contribution in [1.82, 2.24) is 5.32 Å². The lowest BCUT2D eigenvalue weighted by molar-refractivity contribution is -0.298. The average Bonchev–Trinajstić information content (AvgIpc) is 3.37. The van der Waals surface area contributed by atoms with Gasteiger partial charge in [-0.1, -0.05) is 303 Å². The quantitative estimate of drug-likeness (QED) is 0.0251. The second-order valence-corrected chi connectivity index (χ2v) is 23.4. The van der Waals surface area contributed by atoms with Crippen molar-refractivity contribution in [2.24, 2.45) is 0 Å². The van der Waals surface area contributed by atoms with E-state index in [2.05, 4.69) is 23.3 Å². The van der Waals surface area contributed by atoms with Crippen molar-refractivity contribution in [2.45, 2.75) is 365 Å². The fourth-order valence-electron chi connectivity index (χ4n) is 10.6. The summed E-state index contributed by atoms with van der Waals surface area (Å²) >= 11 is 0. The van der Waals surface area contributed by atoms with Crippen LogP contribution in [0.3, 0.4) is 0 Å². The summed E-state index contributed by atoms with van der Waals surface area (Å²) in [5, 5.41) is 45.2. The van der Waals surface area contributed by atoms with Crippen molar-refractivity contribution in [2.75, 3.05) is 13.2 Å². The van der Waals surface area contributed by atoms with Gasteiger partial charge in [0.25, 0.3) is 0 Å². The molecule has 1 amide bonds. The molecule has 0 aliphatic carbocycles. The maximum Gasteiger partial charge on any atom is 0.397 e. The Morgan fingerprint density at radius 1 is 0.493 bits per heavy atom. The molecule has 6 N–H and O–H groups in total. The van der Waals surface area contributed by atoms with Crippen LogP contribution in [-0.4, -0.2) is 95.4 Å². The molecule has 1 rings (SSSR count). The van der Waals surface area contributed by atoms with Gasteiger partial charge in [-0.15, -0.1) is 0 Å². The predicted octanol–water partition coefficient (Wildman–Crippen LogP) is 15.2. The van der Waals surface area contributed by atoms with Crippen LogP contribution in [0.15, 0.2) is 0 Å². The molecule has 0 aromatic carbocycles. The molecule has 13 heteroatoms. The van der Waals surface area contributed by atoms with Crippen molar-refractivity contribution >= 4 is 16.3 Å². The van der Waals surface area contributed by atoms with Crippen LogP contribution in [0, 0.1) is 0 Å². The molecular weight excluding hydrogens is 943 g/mol. The lowest BCUT2D eigenvalue weighted by Crippen LogP contribution is -2.61. The summed E-state index contributed by atoms with van der Waals surface area (Å²) in [6.45, 7) is 3.52. The highest BCUT2D eigenvalue weighted by atomic mass is 32.3. The molecule has 7 unspecified atom stereocenters. The Morgan fingerprint density at radius 3 is 1.10 bits per heavy atom. The fraction of sp³-hybridized carbons (Fsp3) is 0.983. The largest absolute Gasteiger partial charge is 0.397 e. The van der Waals surface area contributed by atoms with Gasteiger partial charge in [0.2, 0.25) is 5.91 Å². The van der Waals surface area contributed by atoms with Crippen LogP contribution in [0.2, 0.25) is 0 Å². The molecule has 0 aromatic heterocycles. The van der Waals surface area contributed by atoms with Crippen LogP contribution in [0.4, 0.5) is 0 Å². The van der Waals surface area contributed by atoms with Crippen molar-refractivity contribution in [3.63, 3.8) is 0 Å². The molecule has 12 nitrogen and oxygen atoms in total. The number of hydrogen-bond acceptors (Lipinski definition) is 10. The standard InChI is InChI=1S/C60H119NO11S/c1-3-5-7-9-11-13-15-17-19-21-23-25-27-28-30-32-34-36-38-40-42-44-46-48-50-56(64)61-53(52-70-60-58(66)59(72-73(67,68)69)57(65)55(51-62)71-60)54(63)49-47-45-43-41-39-37-35-33-31-29-26-24-22-20-18-16-14-12-10-8-6-4-2/h53-55,57-60,62-63,65-66H,3-52H2,1-2H3,(H,61,64)(H,67,68,69). The molecule has 0 aromatic rings. The van der Waals surface area contributed by atoms with E-state index in [1.165, 1.54) is 244 Å². The van der Waals surface area contributed by atoms with E-state index in [-0.39, 0.29) is 12.5 Å². The van der Waals surface area contributed by atoms with Gasteiger partial charge in [-0.3, -0.25) is 9.35 Å². The SMILES string of the molecule is CCCCCCCCCCCCCCCCCCCCCCCCCCC(=O)NC(COC1OC(CO)C(O)C(OS(=O)(=O)O)C1O)C(O)CCCCCCCCCCCCCCCCCCCCCCCC. The first-order valence-electron chi connectivity index (χ1n) is 31.4. The zero-order valence-electron chi connectivity index (χ0n) is 47.5. The van der Waals surface area contributed by atoms with Crippen LogP contribution >= 0.6 is 0 Å². The van der Waals surface area contributed by atoms with Crippen LogP contribution < -0.4 is 5.32 Å². The number of unbranched alkanes of at least 4 members (excludes halogenated alkanes) is 44. The van der Waals surface area contributed by atoms with Gasteiger partial charge in [0.05, 0.1) is 25.4 Å². The molecule has 436 valence electrons. The molecule has 0 radical (unpaired) electrons. The summed E-state index contributed by atoms with van der Waals surface area (Å²) in [5.41, 5.74) is 0. The molecule has 73 heavy (non-hydrogen) atoms. The number of nitrogens with one attached hydrogen (secondary N) is 1. The van der Waals surface area contributed by atoms with E-state index < -0.39 is 59.9 Å². The molecule has 0 saturated carbocycles. The van der Waals surface area contributed by atoms with E-state index in [0.29, 0.717) is 12.8 Å². The molecular formula is C60H119NO11S. The highest BCUT2D eigenvalue weighted by molar-refractivity contribution is 7.80. The Labute approximate surface area is 449 Å². The monoisotopic (exact) mass is 1060 g/mol. The van der Waals surface area contributed by atoms with Gasteiger partial charge in [0.1, 0.15) is 24.4 Å². The van der Waals surface area contributed by atoms with E-state index in [4.69, 9.17) is 9.47 Å². The topological polar surface area (TPSA) is 192 Å². The third-order valence-corrected chi connectivity index (χ3v) is 15.9. The van der Waals surface area contributed by atoms with E-state index >= 15 is 0 Å². The average molecular weight is 1060 g/mol. The maximum absolute atomic E-state index is 13.2. The minimum absolute atomic E-state index is 0.220. The highest BCUT2D eigenvalue weighted by Gasteiger charge is 2.48. The summed E-state index contributed by atoms with van der Waals surface area (Å²) in [6.07, 6.45) is 51.1. The Morgan fingerprint density at radius 2 is 0.795 bits per heavy atom. The van der Waals surface area contributed by atoms with E-state index in [1.807, 2.05) is 0 Å². The zero-order valence-corrected chi connectivity index (χ0v) is 48.3. The van der Waals surface area contributed by atoms with E-state index in [9.17, 15) is 38.2 Å². The lowest BCUT2D eigenvalue weighted by atomic mass is 9.99. The number of carbonyl (C=O) groups is 1. The molecule has 1 heterocycles. The van der Waals surface area contributed by atoms with Gasteiger partial charge in [-0.25, -0.2) is 4.18 Å². The normalized spacial score (nSPS) is 19.1. The summed E-state index contributed by atoms with van der Waals surface area (Å²) in [6, 6.07) is -0.854. The Bertz CT molecular complexity index is 1290. The third kappa shape index (κ3) is 42.8. The smallest absolute Gasteiger partial charge is 0.394 e. The molecule has 1 aliphatic rings. The summed E-state index contributed by atoms with van der Waals surface area (Å²) in [7, 11) is -5.08. The van der Waals surface area contributed by atoms with Crippen LogP contribution in [0.5, 0.6) is 0 Å². The summed E-state index contributed by atoms with van der Waals surface area (Å²) < 4.78 is 48.0. The van der Waals surface area contributed by atoms with Gasteiger partial charge in [-0.2, -0.15) is 8.42 Å². The zero-order chi connectivity index (χ0) is 53.3. The maximum atomic E-state index is 13.2. The number of amides is 1. The van der Waals surface area contributed by atoms with Crippen molar-refractivity contribution in [1.29, 1.82) is 0 Å². The van der Waals surface area contributed by atoms with Crippen LogP contribution in [-0.2, 0) is 28.9 Å². The second kappa shape index (κ2) is 50.6. The van der Waals surface area contributed by atoms with Crippen LogP contribution in [0.25, 0.3) is 0 Å². The summed E-state index contributed by atoms with van der Waals surface area (Å²) in [5.74, 6) is -0.220. The minimum atomic E-state index is -5.08. The van der Waals surface area contributed by atoms with E-state index in [1.54, 1.807) is 0 Å². The van der Waals surface area contributed by atoms with Crippen molar-refractivity contribution < 1.29 is 51.8 Å². The molecule has 1 aliphatic heterocycles. The number of aliphatic hydroxyl groups excluding tert-OH is 4. The van der Waals surface area contributed by atoms with Crippen molar-refractivity contribution in [3.05, 3.63) is 0 Å². The van der Waals surface area contributed by atoms with Crippen LogP contribution in [0.1, 0.15) is 322 Å². The molecule has 1 fully saturated rings. The lowest BCUT2D eigenvalue weighted by Gasteiger charge is -2.41. The van der Waals surface area contributed by atoms with E-state index in [0.717, 1.165) is 51.4 Å². The number of rotatable bonds is 56. The van der Waals surface area contributed by atoms with Gasteiger partial charge in [0.15, 0.2) is 6.29 Å². The first kappa shape index (κ1) is 70.1. The minimum Gasteiger partial charge on any atom is -0.394 e. The Hall–Kier alpha value is -0.900. The first-order chi connectivity index (χ1) is 35.5. The number of hydrogen-bond donors (Lipinski definition) is 6. The van der Waals surface area contributed by atoms with Gasteiger partial charge >= 0.3 is 10.4 Å². The predicted molar refractivity (Wildman–Crippen MR) is 301 cm³/mol. The fourth-order valence-corrected chi connectivity index (χ4v) is 11.1. The number of carbonyl (C=O) groups excluding carboxylic acids is 1. The number of ether oxygens (including phenoxy) is 2. The third-order valence-electron chi connectivity index (χ3n) is 15.4. The molecule has 0 bridgehead atoms. The second-order valence-electron chi connectivity index (χ2n) is 22.4. The van der Waals surface area contributed by atoms with Crippen molar-refractivity contribution in [3.8, 4) is 0 Å². The number of aliphatic hydroxyl groups is 4. The van der Waals surface area contributed by atoms with Gasteiger partial charge < -0.3 is 35.2 Å². The van der Waals surface area contributed by atoms with Gasteiger partial charge in [-0.05, 0) is 12.8 Å². The Balaban J connectivity index is 2.30. The molecule has 7 atom stereocenters. The van der Waals surface area contributed by atoms with Gasteiger partial charge in [0, 0.05) is 6.42 Å². The molecule has 1 saturated heterocycles.